The molecule has 2 aliphatic heterocycles. The van der Waals surface area contributed by atoms with Crippen LogP contribution in [0.5, 0.6) is 0 Å². The van der Waals surface area contributed by atoms with Crippen LogP contribution in [0.1, 0.15) is 33.1 Å². The number of fused-ring (bicyclic) bond motifs is 2. The Morgan fingerprint density at radius 1 is 1.38 bits per heavy atom. The SMILES string of the molecule is C=C1C[C@H](CC)C(=O)O[C@@H]2CCN(C)C/C=C(/COC(=O)[C@@]1(C)O)C2=O. The van der Waals surface area contributed by atoms with Crippen molar-refractivity contribution in [3.8, 4) is 0 Å². The molecule has 2 rings (SSSR count). The summed E-state index contributed by atoms with van der Waals surface area (Å²) in [6.07, 6.45) is 1.66. The van der Waals surface area contributed by atoms with E-state index in [9.17, 15) is 19.5 Å². The second kappa shape index (κ2) is 8.14. The standard InChI is InChI=1S/C19H27NO6/c1-5-13-10-12(2)19(3,24)18(23)25-11-14-6-8-20(4)9-7-15(16(14)21)26-17(13)22/h6,13,15,24H,2,5,7-11H2,1,3-4H3/b14-6-/t13-,15+,19-/m0/s1. The molecule has 144 valence electrons. The van der Waals surface area contributed by atoms with Crippen molar-refractivity contribution in [1.82, 2.24) is 4.90 Å². The summed E-state index contributed by atoms with van der Waals surface area (Å²) in [6.45, 7) is 7.69. The zero-order valence-electron chi connectivity index (χ0n) is 15.6. The van der Waals surface area contributed by atoms with Crippen molar-refractivity contribution in [2.24, 2.45) is 5.92 Å². The van der Waals surface area contributed by atoms with E-state index in [0.29, 0.717) is 25.9 Å². The van der Waals surface area contributed by atoms with E-state index in [1.165, 1.54) is 6.92 Å². The molecule has 0 unspecified atom stereocenters. The van der Waals surface area contributed by atoms with Crippen molar-refractivity contribution >= 4 is 17.7 Å². The summed E-state index contributed by atoms with van der Waals surface area (Å²) in [5.74, 6) is -2.34. The maximum Gasteiger partial charge on any atom is 0.342 e. The average Bonchev–Trinajstić information content (AvgIpc) is 2.59. The molecule has 3 atom stereocenters. The number of ether oxygens (including phenoxy) is 2. The van der Waals surface area contributed by atoms with Crippen LogP contribution in [0, 0.1) is 5.92 Å². The molecule has 2 aliphatic rings. The van der Waals surface area contributed by atoms with E-state index in [-0.39, 0.29) is 30.0 Å². The predicted octanol–water partition coefficient (Wildman–Crippen LogP) is 1.01. The van der Waals surface area contributed by atoms with Crippen molar-refractivity contribution in [1.29, 1.82) is 0 Å². The fraction of sp³-hybridized carbons (Fsp3) is 0.632. The van der Waals surface area contributed by atoms with Gasteiger partial charge in [0.25, 0.3) is 0 Å². The highest BCUT2D eigenvalue weighted by Gasteiger charge is 2.39. The zero-order chi connectivity index (χ0) is 19.5. The number of esters is 2. The molecule has 1 fully saturated rings. The van der Waals surface area contributed by atoms with E-state index in [2.05, 4.69) is 6.58 Å². The Labute approximate surface area is 153 Å². The van der Waals surface area contributed by atoms with Gasteiger partial charge in [0, 0.05) is 25.1 Å². The van der Waals surface area contributed by atoms with Gasteiger partial charge in [0.2, 0.25) is 5.78 Å². The van der Waals surface area contributed by atoms with Gasteiger partial charge in [-0.2, -0.15) is 0 Å². The molecule has 26 heavy (non-hydrogen) atoms. The zero-order valence-corrected chi connectivity index (χ0v) is 15.6. The number of carbonyl (C=O) groups excluding carboxylic acids is 3. The molecule has 2 heterocycles. The Balaban J connectivity index is 2.40. The van der Waals surface area contributed by atoms with Crippen molar-refractivity contribution in [2.75, 3.05) is 26.7 Å². The lowest BCUT2D eigenvalue weighted by molar-refractivity contribution is -0.163. The maximum absolute atomic E-state index is 12.8. The highest BCUT2D eigenvalue weighted by atomic mass is 16.6. The van der Waals surface area contributed by atoms with Gasteiger partial charge in [-0.25, -0.2) is 4.79 Å². The minimum absolute atomic E-state index is 0.0843. The third kappa shape index (κ3) is 4.40. The molecule has 1 saturated heterocycles. The predicted molar refractivity (Wildman–Crippen MR) is 94.2 cm³/mol. The third-order valence-corrected chi connectivity index (χ3v) is 5.05. The average molecular weight is 365 g/mol. The molecule has 0 aromatic heterocycles. The minimum Gasteiger partial charge on any atom is -0.458 e. The van der Waals surface area contributed by atoms with Crippen LogP contribution in [0.3, 0.4) is 0 Å². The van der Waals surface area contributed by atoms with Gasteiger partial charge >= 0.3 is 11.9 Å². The fourth-order valence-electron chi connectivity index (χ4n) is 2.93. The second-order valence-electron chi connectivity index (χ2n) is 7.13. The Morgan fingerprint density at radius 2 is 2.08 bits per heavy atom. The van der Waals surface area contributed by atoms with Gasteiger partial charge in [0.15, 0.2) is 11.7 Å². The van der Waals surface area contributed by atoms with Crippen molar-refractivity contribution in [3.05, 3.63) is 23.8 Å². The van der Waals surface area contributed by atoms with Crippen molar-refractivity contribution in [3.63, 3.8) is 0 Å². The van der Waals surface area contributed by atoms with Gasteiger partial charge < -0.3 is 19.5 Å². The quantitative estimate of drug-likeness (QED) is 0.547. The molecular weight excluding hydrogens is 338 g/mol. The molecule has 0 aromatic rings. The molecular formula is C19H27NO6. The van der Waals surface area contributed by atoms with Crippen LogP contribution in [0.25, 0.3) is 0 Å². The Kier molecular flexibility index (Phi) is 6.36. The first-order valence-electron chi connectivity index (χ1n) is 8.87. The molecule has 7 nitrogen and oxygen atoms in total. The number of carbonyl (C=O) groups is 3. The smallest absolute Gasteiger partial charge is 0.342 e. The molecule has 0 radical (unpaired) electrons. The normalized spacial score (nSPS) is 34.4. The maximum atomic E-state index is 12.8. The summed E-state index contributed by atoms with van der Waals surface area (Å²) in [5, 5.41) is 10.5. The number of hydrogen-bond acceptors (Lipinski definition) is 7. The van der Waals surface area contributed by atoms with Crippen LogP contribution < -0.4 is 0 Å². The number of rotatable bonds is 1. The van der Waals surface area contributed by atoms with Crippen LogP contribution in [0.2, 0.25) is 0 Å². The number of Topliss-reactive ketones (excluding diaryl/α,β-unsaturated/α-hetero) is 1. The van der Waals surface area contributed by atoms with E-state index in [1.54, 1.807) is 13.0 Å². The molecule has 2 bridgehead atoms. The highest BCUT2D eigenvalue weighted by Crippen LogP contribution is 2.28. The Bertz CT molecular complexity index is 636. The van der Waals surface area contributed by atoms with Crippen LogP contribution in [-0.2, 0) is 23.9 Å². The monoisotopic (exact) mass is 365 g/mol. The van der Waals surface area contributed by atoms with Crippen molar-refractivity contribution in [2.45, 2.75) is 44.8 Å². The molecule has 0 saturated carbocycles. The van der Waals surface area contributed by atoms with E-state index in [0.717, 1.165) is 0 Å². The summed E-state index contributed by atoms with van der Waals surface area (Å²) in [7, 11) is 1.89. The van der Waals surface area contributed by atoms with Crippen LogP contribution >= 0.6 is 0 Å². The lowest BCUT2D eigenvalue weighted by Gasteiger charge is -2.30. The van der Waals surface area contributed by atoms with E-state index < -0.39 is 29.6 Å². The minimum atomic E-state index is -1.94. The van der Waals surface area contributed by atoms with Gasteiger partial charge in [-0.05, 0) is 32.4 Å². The highest BCUT2D eigenvalue weighted by molar-refractivity contribution is 6.00. The lowest BCUT2D eigenvalue weighted by Crippen LogP contribution is -2.43. The van der Waals surface area contributed by atoms with E-state index in [1.807, 2.05) is 11.9 Å². The summed E-state index contributed by atoms with van der Waals surface area (Å²) >= 11 is 0. The summed E-state index contributed by atoms with van der Waals surface area (Å²) in [6, 6.07) is 0. The molecule has 0 amide bonds. The molecule has 0 aromatic carbocycles. The largest absolute Gasteiger partial charge is 0.458 e. The molecule has 7 heteroatoms. The number of likely N-dealkylation sites (N-methyl/N-ethyl adjacent to an activating group) is 1. The van der Waals surface area contributed by atoms with Crippen LogP contribution in [0.15, 0.2) is 23.8 Å². The van der Waals surface area contributed by atoms with E-state index >= 15 is 0 Å². The van der Waals surface area contributed by atoms with Gasteiger partial charge in [-0.1, -0.05) is 19.6 Å². The summed E-state index contributed by atoms with van der Waals surface area (Å²) in [5.41, 5.74) is -1.49. The van der Waals surface area contributed by atoms with Gasteiger partial charge in [0.05, 0.1) is 5.92 Å². The summed E-state index contributed by atoms with van der Waals surface area (Å²) < 4.78 is 10.7. The second-order valence-corrected chi connectivity index (χ2v) is 7.13. The Morgan fingerprint density at radius 3 is 2.73 bits per heavy atom. The van der Waals surface area contributed by atoms with Crippen LogP contribution in [0.4, 0.5) is 0 Å². The first-order valence-corrected chi connectivity index (χ1v) is 8.87. The van der Waals surface area contributed by atoms with Crippen molar-refractivity contribution < 1.29 is 29.0 Å². The molecule has 1 N–H and O–H groups in total. The molecule has 0 spiro atoms. The van der Waals surface area contributed by atoms with Gasteiger partial charge in [-0.3, -0.25) is 9.59 Å². The fourth-order valence-corrected chi connectivity index (χ4v) is 2.93. The van der Waals surface area contributed by atoms with Gasteiger partial charge in [0.1, 0.15) is 6.61 Å². The van der Waals surface area contributed by atoms with Crippen LogP contribution in [-0.4, -0.2) is 66.2 Å². The van der Waals surface area contributed by atoms with Gasteiger partial charge in [-0.15, -0.1) is 0 Å². The summed E-state index contributed by atoms with van der Waals surface area (Å²) in [4.78, 5) is 39.6. The first-order chi connectivity index (χ1) is 12.2. The lowest BCUT2D eigenvalue weighted by atomic mass is 9.87. The number of aliphatic hydroxyl groups is 1. The van der Waals surface area contributed by atoms with E-state index in [4.69, 9.17) is 9.47 Å². The first kappa shape index (κ1) is 20.3. The topological polar surface area (TPSA) is 93.1 Å². The molecule has 0 aliphatic carbocycles. The number of hydrogen-bond donors (Lipinski definition) is 1. The Hall–Kier alpha value is -1.99. The third-order valence-electron chi connectivity index (χ3n) is 5.05. The number of ketones is 1. The number of cyclic esters (lactones) is 1. The number of nitrogens with zero attached hydrogens (tertiary/aromatic N) is 1.